The van der Waals surface area contributed by atoms with Crippen molar-refractivity contribution in [1.29, 1.82) is 0 Å². The number of pyridine rings is 1. The van der Waals surface area contributed by atoms with Gasteiger partial charge in [0.15, 0.2) is 0 Å². The first-order chi connectivity index (χ1) is 13.8. The van der Waals surface area contributed by atoms with Crippen molar-refractivity contribution < 1.29 is 17.6 Å². The lowest BCUT2D eigenvalue weighted by Crippen LogP contribution is -2.27. The minimum absolute atomic E-state index is 0.0798. The molecule has 0 atom stereocenters. The molecule has 2 aromatic carbocycles. The predicted octanol–water partition coefficient (Wildman–Crippen LogP) is 3.60. The fourth-order valence-corrected chi connectivity index (χ4v) is 3.95. The lowest BCUT2D eigenvalue weighted by molar-refractivity contribution is 0.0786. The Morgan fingerprint density at radius 1 is 1.10 bits per heavy atom. The Morgan fingerprint density at radius 3 is 2.48 bits per heavy atom. The first kappa shape index (κ1) is 20.5. The third-order valence-electron chi connectivity index (χ3n) is 4.36. The lowest BCUT2D eigenvalue weighted by atomic mass is 10.1. The predicted molar refractivity (Wildman–Crippen MR) is 108 cm³/mol. The van der Waals surface area contributed by atoms with Crippen molar-refractivity contribution in [2.24, 2.45) is 0 Å². The number of nitrogens with one attached hydrogen (secondary N) is 1. The molecule has 1 N–H and O–H groups in total. The van der Waals surface area contributed by atoms with E-state index in [1.165, 1.54) is 30.0 Å². The summed E-state index contributed by atoms with van der Waals surface area (Å²) in [7, 11) is -2.35. The summed E-state index contributed by atoms with van der Waals surface area (Å²) >= 11 is 0. The number of hydrogen-bond donors (Lipinski definition) is 1. The Kier molecular flexibility index (Phi) is 5.93. The Hall–Kier alpha value is -3.26. The Bertz CT molecular complexity index is 1130. The molecule has 0 aliphatic rings. The van der Waals surface area contributed by atoms with Gasteiger partial charge in [-0.1, -0.05) is 12.1 Å². The van der Waals surface area contributed by atoms with Gasteiger partial charge < -0.3 is 4.90 Å². The maximum atomic E-state index is 13.5. The zero-order chi connectivity index (χ0) is 21.0. The van der Waals surface area contributed by atoms with E-state index >= 15 is 0 Å². The summed E-state index contributed by atoms with van der Waals surface area (Å²) in [5.41, 5.74) is 1.48. The number of aryl methyl sites for hydroxylation is 1. The summed E-state index contributed by atoms with van der Waals surface area (Å²) in [6, 6.07) is 13.5. The molecule has 1 heterocycles. The fourth-order valence-electron chi connectivity index (χ4n) is 2.79. The molecule has 3 rings (SSSR count). The van der Waals surface area contributed by atoms with Crippen LogP contribution in [0.15, 0.2) is 71.9 Å². The van der Waals surface area contributed by atoms with E-state index in [0.717, 1.165) is 11.6 Å². The van der Waals surface area contributed by atoms with Crippen LogP contribution >= 0.6 is 0 Å². The second-order valence-corrected chi connectivity index (χ2v) is 8.26. The highest BCUT2D eigenvalue weighted by Crippen LogP contribution is 2.23. The van der Waals surface area contributed by atoms with Crippen LogP contribution in [0.3, 0.4) is 0 Å². The average Bonchev–Trinajstić information content (AvgIpc) is 2.70. The van der Waals surface area contributed by atoms with Crippen molar-refractivity contribution in [2.45, 2.75) is 18.4 Å². The van der Waals surface area contributed by atoms with E-state index in [2.05, 4.69) is 9.71 Å². The highest BCUT2D eigenvalue weighted by Gasteiger charge is 2.21. The zero-order valence-electron chi connectivity index (χ0n) is 16.0. The molecule has 0 saturated heterocycles. The van der Waals surface area contributed by atoms with Gasteiger partial charge in [0.2, 0.25) is 0 Å². The van der Waals surface area contributed by atoms with E-state index in [1.54, 1.807) is 49.8 Å². The minimum atomic E-state index is -3.99. The van der Waals surface area contributed by atoms with E-state index < -0.39 is 15.8 Å². The zero-order valence-corrected chi connectivity index (χ0v) is 16.8. The van der Waals surface area contributed by atoms with Crippen molar-refractivity contribution in [3.8, 4) is 0 Å². The average molecular weight is 413 g/mol. The molecule has 29 heavy (non-hydrogen) atoms. The van der Waals surface area contributed by atoms with Crippen molar-refractivity contribution in [2.75, 3.05) is 11.8 Å². The van der Waals surface area contributed by atoms with Crippen LogP contribution < -0.4 is 4.72 Å². The maximum absolute atomic E-state index is 13.5. The van der Waals surface area contributed by atoms with E-state index in [4.69, 9.17) is 0 Å². The van der Waals surface area contributed by atoms with E-state index in [0.29, 0.717) is 6.54 Å². The first-order valence-electron chi connectivity index (χ1n) is 8.80. The molecular formula is C21H20FN3O3S. The Balaban J connectivity index is 1.86. The van der Waals surface area contributed by atoms with Crippen LogP contribution in [-0.4, -0.2) is 31.3 Å². The van der Waals surface area contributed by atoms with Gasteiger partial charge >= 0.3 is 0 Å². The second-order valence-electron chi connectivity index (χ2n) is 6.58. The van der Waals surface area contributed by atoms with Crippen molar-refractivity contribution in [3.63, 3.8) is 0 Å². The van der Waals surface area contributed by atoms with Crippen LogP contribution in [0, 0.1) is 12.7 Å². The van der Waals surface area contributed by atoms with E-state index in [1.807, 2.05) is 0 Å². The van der Waals surface area contributed by atoms with Crippen LogP contribution in [0.2, 0.25) is 0 Å². The molecule has 0 aliphatic heterocycles. The number of carbonyl (C=O) groups excluding carboxylic acids is 1. The van der Waals surface area contributed by atoms with Crippen LogP contribution in [0.4, 0.5) is 10.1 Å². The van der Waals surface area contributed by atoms with E-state index in [-0.39, 0.29) is 27.6 Å². The molecule has 1 amide bonds. The lowest BCUT2D eigenvalue weighted by Gasteiger charge is -2.19. The van der Waals surface area contributed by atoms with Gasteiger partial charge in [-0.15, -0.1) is 0 Å². The Labute approximate surface area is 169 Å². The topological polar surface area (TPSA) is 79.4 Å². The molecule has 0 spiro atoms. The fraction of sp³-hybridized carbons (Fsp3) is 0.143. The summed E-state index contributed by atoms with van der Waals surface area (Å²) in [5.74, 6) is -0.826. The number of halogens is 1. The molecular weight excluding hydrogens is 393 g/mol. The molecule has 1 aromatic heterocycles. The number of rotatable bonds is 6. The number of nitrogens with zero attached hydrogens (tertiary/aromatic N) is 2. The number of para-hydroxylation sites is 1. The van der Waals surface area contributed by atoms with Crippen molar-refractivity contribution in [1.82, 2.24) is 9.88 Å². The largest absolute Gasteiger partial charge is 0.337 e. The molecule has 0 bridgehead atoms. The molecule has 0 saturated carbocycles. The van der Waals surface area contributed by atoms with Gasteiger partial charge in [0.1, 0.15) is 5.82 Å². The molecule has 3 aromatic rings. The van der Waals surface area contributed by atoms with Gasteiger partial charge in [-0.2, -0.15) is 0 Å². The number of anilines is 1. The van der Waals surface area contributed by atoms with E-state index in [9.17, 15) is 17.6 Å². The summed E-state index contributed by atoms with van der Waals surface area (Å²) in [5, 5.41) is 0. The summed E-state index contributed by atoms with van der Waals surface area (Å²) in [4.78, 5) is 18.3. The molecule has 150 valence electrons. The highest BCUT2D eigenvalue weighted by atomic mass is 32.2. The van der Waals surface area contributed by atoms with Gasteiger partial charge in [-0.05, 0) is 60.5 Å². The third kappa shape index (κ3) is 4.78. The Morgan fingerprint density at radius 2 is 1.79 bits per heavy atom. The second kappa shape index (κ2) is 8.40. The number of sulfonamides is 1. The molecule has 0 unspecified atom stereocenters. The van der Waals surface area contributed by atoms with Gasteiger partial charge in [0.05, 0.1) is 16.1 Å². The summed E-state index contributed by atoms with van der Waals surface area (Å²) < 4.78 is 41.4. The van der Waals surface area contributed by atoms with Crippen LogP contribution in [0.1, 0.15) is 21.5 Å². The number of carbonyl (C=O) groups is 1. The van der Waals surface area contributed by atoms with Crippen LogP contribution in [0.5, 0.6) is 0 Å². The SMILES string of the molecule is Cc1cc(S(=O)(=O)Nc2ccccc2C(=O)N(C)Cc2ccncc2)ccc1F. The molecule has 0 fully saturated rings. The monoisotopic (exact) mass is 413 g/mol. The van der Waals surface area contributed by atoms with Crippen LogP contribution in [-0.2, 0) is 16.6 Å². The minimum Gasteiger partial charge on any atom is -0.337 e. The quantitative estimate of drug-likeness (QED) is 0.670. The van der Waals surface area contributed by atoms with Crippen molar-refractivity contribution in [3.05, 3.63) is 89.5 Å². The van der Waals surface area contributed by atoms with Gasteiger partial charge in [-0.25, -0.2) is 12.8 Å². The van der Waals surface area contributed by atoms with Gasteiger partial charge in [0.25, 0.3) is 15.9 Å². The number of aromatic nitrogens is 1. The number of hydrogen-bond acceptors (Lipinski definition) is 4. The van der Waals surface area contributed by atoms with Gasteiger partial charge in [-0.3, -0.25) is 14.5 Å². The van der Waals surface area contributed by atoms with Crippen molar-refractivity contribution >= 4 is 21.6 Å². The highest BCUT2D eigenvalue weighted by molar-refractivity contribution is 7.92. The smallest absolute Gasteiger partial charge is 0.261 e. The van der Waals surface area contributed by atoms with Crippen LogP contribution in [0.25, 0.3) is 0 Å². The molecule has 8 heteroatoms. The summed E-state index contributed by atoms with van der Waals surface area (Å²) in [6.07, 6.45) is 3.28. The number of benzene rings is 2. The van der Waals surface area contributed by atoms with Gasteiger partial charge in [0, 0.05) is 26.0 Å². The molecule has 0 radical (unpaired) electrons. The standard InChI is InChI=1S/C21H20FN3O3S/c1-15-13-17(7-8-19(15)22)29(27,28)24-20-6-4-3-5-18(20)21(26)25(2)14-16-9-11-23-12-10-16/h3-13,24H,14H2,1-2H3. The first-order valence-corrected chi connectivity index (χ1v) is 10.3. The maximum Gasteiger partial charge on any atom is 0.261 e. The third-order valence-corrected chi connectivity index (χ3v) is 5.72. The number of amides is 1. The summed E-state index contributed by atoms with van der Waals surface area (Å²) in [6.45, 7) is 1.83. The molecule has 6 nitrogen and oxygen atoms in total. The molecule has 0 aliphatic carbocycles. The normalized spacial score (nSPS) is 11.1.